The maximum atomic E-state index is 11.6. The van der Waals surface area contributed by atoms with E-state index in [1.54, 1.807) is 12.5 Å². The van der Waals surface area contributed by atoms with Crippen LogP contribution in [0.2, 0.25) is 0 Å². The Balaban J connectivity index is 1.43. The normalized spacial score (nSPS) is 40.9. The predicted molar refractivity (Wildman–Crippen MR) is 129 cm³/mol. The number of allylic oxidation sites excluding steroid dienone is 1. The van der Waals surface area contributed by atoms with Crippen LogP contribution in [0.15, 0.2) is 11.6 Å². The van der Waals surface area contributed by atoms with Crippen molar-refractivity contribution in [1.82, 2.24) is 0 Å². The van der Waals surface area contributed by atoms with Crippen molar-refractivity contribution in [2.24, 2.45) is 53.3 Å². The van der Waals surface area contributed by atoms with Crippen molar-refractivity contribution >= 4 is 5.97 Å². The van der Waals surface area contributed by atoms with E-state index in [2.05, 4.69) is 33.8 Å². The van der Waals surface area contributed by atoms with Crippen LogP contribution in [-0.4, -0.2) is 12.1 Å². The fraction of sp³-hybridized carbons (Fsp3) is 0.897. The van der Waals surface area contributed by atoms with Crippen molar-refractivity contribution in [2.45, 2.75) is 111 Å². The topological polar surface area (TPSA) is 26.3 Å². The largest absolute Gasteiger partial charge is 0.462 e. The maximum Gasteiger partial charge on any atom is 0.302 e. The Morgan fingerprint density at radius 3 is 2.45 bits per heavy atom. The van der Waals surface area contributed by atoms with Gasteiger partial charge in [-0.05, 0) is 98.2 Å². The molecule has 0 saturated heterocycles. The SMILES string of the molecule is CC(=O)O[C@H]1CCC(C)C2C(=CCC3C2CCC2C3CC[C@@H]2C(C)CCCC(C)C)C1. The van der Waals surface area contributed by atoms with Crippen LogP contribution in [0.1, 0.15) is 105 Å². The Kier molecular flexibility index (Phi) is 7.54. The van der Waals surface area contributed by atoms with Gasteiger partial charge in [0, 0.05) is 13.3 Å². The Hall–Kier alpha value is -0.790. The summed E-state index contributed by atoms with van der Waals surface area (Å²) in [4.78, 5) is 11.6. The van der Waals surface area contributed by atoms with Gasteiger partial charge in [-0.2, -0.15) is 0 Å². The first-order chi connectivity index (χ1) is 14.8. The molecule has 9 atom stereocenters. The fourth-order valence-electron chi connectivity index (χ4n) is 8.60. The second-order valence-corrected chi connectivity index (χ2v) is 12.3. The van der Waals surface area contributed by atoms with Crippen LogP contribution in [0.3, 0.4) is 0 Å². The van der Waals surface area contributed by atoms with Crippen molar-refractivity contribution < 1.29 is 9.53 Å². The summed E-state index contributed by atoms with van der Waals surface area (Å²) in [7, 11) is 0. The first-order valence-electron chi connectivity index (χ1n) is 13.7. The number of hydrogen-bond donors (Lipinski definition) is 0. The molecule has 0 radical (unpaired) electrons. The van der Waals surface area contributed by atoms with Crippen molar-refractivity contribution in [3.63, 3.8) is 0 Å². The summed E-state index contributed by atoms with van der Waals surface area (Å²) in [5.74, 6) is 7.94. The third kappa shape index (κ3) is 5.09. The number of carbonyl (C=O) groups is 1. The maximum absolute atomic E-state index is 11.6. The Bertz CT molecular complexity index is 649. The Morgan fingerprint density at radius 2 is 1.71 bits per heavy atom. The first kappa shape index (κ1) is 23.4. The zero-order chi connectivity index (χ0) is 22.1. The molecule has 4 aliphatic rings. The third-order valence-corrected chi connectivity index (χ3v) is 9.93. The van der Waals surface area contributed by atoms with Crippen molar-refractivity contribution in [3.8, 4) is 0 Å². The summed E-state index contributed by atoms with van der Waals surface area (Å²) in [6, 6.07) is 0. The van der Waals surface area contributed by atoms with E-state index in [0.717, 1.165) is 66.1 Å². The highest BCUT2D eigenvalue weighted by atomic mass is 16.5. The lowest BCUT2D eigenvalue weighted by molar-refractivity contribution is -0.146. The molecule has 2 nitrogen and oxygen atoms in total. The van der Waals surface area contributed by atoms with Gasteiger partial charge in [-0.1, -0.05) is 58.6 Å². The van der Waals surface area contributed by atoms with Crippen LogP contribution in [0.25, 0.3) is 0 Å². The minimum atomic E-state index is -0.106. The summed E-state index contributed by atoms with van der Waals surface area (Å²) in [5, 5.41) is 0. The number of rotatable bonds is 6. The lowest BCUT2D eigenvalue weighted by atomic mass is 9.56. The van der Waals surface area contributed by atoms with Crippen LogP contribution in [-0.2, 0) is 9.53 Å². The standard InChI is InChI=1S/C29H48O2/c1-18(2)7-6-8-19(3)24-13-14-26-25(24)15-16-28-27(26)12-10-22-17-23(31-21(5)30)11-9-20(4)29(22)28/h10,18-20,23-29H,6-9,11-17H2,1-5H3/t19?,20?,23-,24+,25?,26?,27?,28?,29?/m0/s1. The summed E-state index contributed by atoms with van der Waals surface area (Å²) in [6.07, 6.45) is 17.5. The number of carbonyl (C=O) groups excluding carboxylic acids is 1. The zero-order valence-electron chi connectivity index (χ0n) is 20.9. The fourth-order valence-corrected chi connectivity index (χ4v) is 8.60. The van der Waals surface area contributed by atoms with Crippen LogP contribution >= 0.6 is 0 Å². The lowest BCUT2D eigenvalue weighted by Gasteiger charge is -2.49. The van der Waals surface area contributed by atoms with Crippen LogP contribution < -0.4 is 0 Å². The first-order valence-corrected chi connectivity index (χ1v) is 13.7. The van der Waals surface area contributed by atoms with E-state index in [1.165, 1.54) is 57.8 Å². The molecular formula is C29H48O2. The summed E-state index contributed by atoms with van der Waals surface area (Å²) >= 11 is 0. The summed E-state index contributed by atoms with van der Waals surface area (Å²) in [6.45, 7) is 11.4. The van der Waals surface area contributed by atoms with Gasteiger partial charge >= 0.3 is 5.97 Å². The van der Waals surface area contributed by atoms with Gasteiger partial charge in [0.25, 0.3) is 0 Å². The molecule has 3 fully saturated rings. The molecule has 0 heterocycles. The van der Waals surface area contributed by atoms with E-state index in [-0.39, 0.29) is 12.1 Å². The number of esters is 1. The van der Waals surface area contributed by atoms with Crippen molar-refractivity contribution in [3.05, 3.63) is 11.6 Å². The van der Waals surface area contributed by atoms with E-state index >= 15 is 0 Å². The van der Waals surface area contributed by atoms with Gasteiger partial charge in [0.1, 0.15) is 6.10 Å². The number of ether oxygens (including phenoxy) is 1. The molecule has 176 valence electrons. The van der Waals surface area contributed by atoms with E-state index < -0.39 is 0 Å². The van der Waals surface area contributed by atoms with Gasteiger partial charge in [-0.25, -0.2) is 0 Å². The molecule has 31 heavy (non-hydrogen) atoms. The monoisotopic (exact) mass is 428 g/mol. The minimum absolute atomic E-state index is 0.106. The molecule has 0 aliphatic heterocycles. The minimum Gasteiger partial charge on any atom is -0.462 e. The molecular weight excluding hydrogens is 380 g/mol. The van der Waals surface area contributed by atoms with Crippen molar-refractivity contribution in [1.29, 1.82) is 0 Å². The van der Waals surface area contributed by atoms with E-state index in [9.17, 15) is 4.79 Å². The summed E-state index contributed by atoms with van der Waals surface area (Å²) in [5.41, 5.74) is 1.65. The van der Waals surface area contributed by atoms with Crippen molar-refractivity contribution in [2.75, 3.05) is 0 Å². The quantitative estimate of drug-likeness (QED) is 0.318. The second-order valence-electron chi connectivity index (χ2n) is 12.3. The molecule has 0 N–H and O–H groups in total. The van der Waals surface area contributed by atoms with Gasteiger partial charge in [0.15, 0.2) is 0 Å². The van der Waals surface area contributed by atoms with Gasteiger partial charge < -0.3 is 4.74 Å². The molecule has 3 saturated carbocycles. The van der Waals surface area contributed by atoms with Gasteiger partial charge in [0.2, 0.25) is 0 Å². The molecule has 0 spiro atoms. The van der Waals surface area contributed by atoms with Gasteiger partial charge in [0.05, 0.1) is 0 Å². The van der Waals surface area contributed by atoms with Crippen LogP contribution in [0.4, 0.5) is 0 Å². The predicted octanol–water partition coefficient (Wildman–Crippen LogP) is 7.82. The summed E-state index contributed by atoms with van der Waals surface area (Å²) < 4.78 is 5.68. The molecule has 0 aromatic heterocycles. The van der Waals surface area contributed by atoms with Crippen LogP contribution in [0, 0.1) is 53.3 Å². The second kappa shape index (κ2) is 10.0. The molecule has 7 unspecified atom stereocenters. The Morgan fingerprint density at radius 1 is 0.968 bits per heavy atom. The van der Waals surface area contributed by atoms with E-state index in [0.29, 0.717) is 0 Å². The highest BCUT2D eigenvalue weighted by Crippen LogP contribution is 2.59. The highest BCUT2D eigenvalue weighted by Gasteiger charge is 2.51. The highest BCUT2D eigenvalue weighted by molar-refractivity contribution is 5.66. The van der Waals surface area contributed by atoms with Gasteiger partial charge in [-0.15, -0.1) is 0 Å². The van der Waals surface area contributed by atoms with E-state index in [4.69, 9.17) is 4.74 Å². The Labute approximate surface area is 192 Å². The average molecular weight is 429 g/mol. The zero-order valence-corrected chi connectivity index (χ0v) is 20.9. The molecule has 4 rings (SSSR count). The molecule has 2 heteroatoms. The smallest absolute Gasteiger partial charge is 0.302 e. The number of hydrogen-bond acceptors (Lipinski definition) is 2. The molecule has 4 aliphatic carbocycles. The number of fused-ring (bicyclic) bond motifs is 5. The third-order valence-electron chi connectivity index (χ3n) is 9.93. The molecule has 0 amide bonds. The van der Waals surface area contributed by atoms with Gasteiger partial charge in [-0.3, -0.25) is 4.79 Å². The van der Waals surface area contributed by atoms with E-state index in [1.807, 2.05) is 0 Å². The lowest BCUT2D eigenvalue weighted by Crippen LogP contribution is -2.42. The average Bonchev–Trinajstić information content (AvgIpc) is 3.08. The molecule has 0 bridgehead atoms. The molecule has 0 aromatic rings. The van der Waals surface area contributed by atoms with Crippen LogP contribution in [0.5, 0.6) is 0 Å². The molecule has 0 aromatic carbocycles.